The number of nitrogens with zero attached hydrogens (tertiary/aromatic N) is 2. The summed E-state index contributed by atoms with van der Waals surface area (Å²) in [6.45, 7) is 9.39. The molecule has 0 aromatic rings. The second kappa shape index (κ2) is 6.33. The molecule has 0 unspecified atom stereocenters. The van der Waals surface area contributed by atoms with Gasteiger partial charge >= 0.3 is 0 Å². The molecule has 2 aliphatic heterocycles. The predicted octanol–water partition coefficient (Wildman–Crippen LogP) is 0.618. The maximum Gasteiger partial charge on any atom is 0.254 e. The normalized spacial score (nSPS) is 31.1. The zero-order valence-corrected chi connectivity index (χ0v) is 12.0. The van der Waals surface area contributed by atoms with Crippen molar-refractivity contribution >= 4 is 11.7 Å². The number of piperidine rings is 1. The van der Waals surface area contributed by atoms with E-state index in [1.54, 1.807) is 18.1 Å². The zero-order valence-electron chi connectivity index (χ0n) is 12.0. The van der Waals surface area contributed by atoms with Crippen molar-refractivity contribution in [2.75, 3.05) is 26.7 Å². The van der Waals surface area contributed by atoms with Gasteiger partial charge in [-0.25, -0.2) is 0 Å². The first-order valence-electron chi connectivity index (χ1n) is 6.94. The monoisotopic (exact) mass is 278 g/mol. The van der Waals surface area contributed by atoms with E-state index in [1.165, 1.54) is 0 Å². The first kappa shape index (κ1) is 14.9. The van der Waals surface area contributed by atoms with Crippen LogP contribution in [0.5, 0.6) is 0 Å². The van der Waals surface area contributed by atoms with Crippen LogP contribution in [0.2, 0.25) is 0 Å². The van der Waals surface area contributed by atoms with Gasteiger partial charge in [0.05, 0.1) is 6.04 Å². The van der Waals surface area contributed by atoms with Gasteiger partial charge in [0, 0.05) is 45.6 Å². The molecule has 2 aliphatic rings. The summed E-state index contributed by atoms with van der Waals surface area (Å²) in [4.78, 5) is 27.8. The minimum absolute atomic E-state index is 0.0110. The summed E-state index contributed by atoms with van der Waals surface area (Å²) in [6, 6.07) is -0.0634. The first-order valence-corrected chi connectivity index (χ1v) is 6.94. The van der Waals surface area contributed by atoms with E-state index in [2.05, 4.69) is 18.1 Å². The van der Waals surface area contributed by atoms with Gasteiger partial charge in [0.1, 0.15) is 5.78 Å². The average molecular weight is 278 g/mol. The molecule has 0 saturated carbocycles. The molecule has 0 aromatic heterocycles. The largest absolute Gasteiger partial charge is 0.369 e. The number of carbonyl (C=O) groups is 2. The average Bonchev–Trinajstić information content (AvgIpc) is 2.44. The van der Waals surface area contributed by atoms with E-state index in [-0.39, 0.29) is 23.8 Å². The first-order chi connectivity index (χ1) is 9.63. The molecular weight excluding hydrogens is 256 g/mol. The highest BCUT2D eigenvalue weighted by atomic mass is 16.5. The Morgan fingerprint density at radius 3 is 2.60 bits per heavy atom. The lowest BCUT2D eigenvalue weighted by Crippen LogP contribution is -2.72. The van der Waals surface area contributed by atoms with E-state index in [9.17, 15) is 9.59 Å². The van der Waals surface area contributed by atoms with Crippen LogP contribution in [0.3, 0.4) is 0 Å². The highest BCUT2D eigenvalue weighted by Crippen LogP contribution is 2.31. The standard InChI is InChI=1S/C15H22N2O3/c1-4-7-16-9-6-11(18)10-12(16)13-14(20-3)15(19)17(13)8-5-2/h4-5,12-14H,1-2,6-10H2,3H3/t12-,13-,14+/m0/s1. The molecule has 3 atom stereocenters. The van der Waals surface area contributed by atoms with Crippen LogP contribution < -0.4 is 0 Å². The van der Waals surface area contributed by atoms with Gasteiger partial charge in [-0.15, -0.1) is 13.2 Å². The van der Waals surface area contributed by atoms with Gasteiger partial charge in [0.15, 0.2) is 6.10 Å². The Kier molecular flexibility index (Phi) is 4.73. The summed E-state index contributed by atoms with van der Waals surface area (Å²) < 4.78 is 5.31. The lowest BCUT2D eigenvalue weighted by atomic mass is 9.84. The lowest BCUT2D eigenvalue weighted by Gasteiger charge is -2.52. The van der Waals surface area contributed by atoms with E-state index in [0.29, 0.717) is 19.4 Å². The molecule has 2 heterocycles. The Labute approximate surface area is 119 Å². The Bertz CT molecular complexity index is 421. The minimum Gasteiger partial charge on any atom is -0.369 e. The van der Waals surface area contributed by atoms with Gasteiger partial charge in [-0.2, -0.15) is 0 Å². The van der Waals surface area contributed by atoms with Crippen LogP contribution in [0.1, 0.15) is 12.8 Å². The van der Waals surface area contributed by atoms with E-state index in [0.717, 1.165) is 13.1 Å². The molecular formula is C15H22N2O3. The molecule has 2 fully saturated rings. The van der Waals surface area contributed by atoms with Crippen LogP contribution in [-0.4, -0.2) is 66.4 Å². The van der Waals surface area contributed by atoms with E-state index in [1.807, 2.05) is 6.08 Å². The molecule has 0 aromatic carbocycles. The number of hydrogen-bond acceptors (Lipinski definition) is 4. The third-order valence-electron chi connectivity index (χ3n) is 4.12. The second-order valence-corrected chi connectivity index (χ2v) is 5.27. The summed E-state index contributed by atoms with van der Waals surface area (Å²) in [5.74, 6) is 0.233. The van der Waals surface area contributed by atoms with E-state index >= 15 is 0 Å². The summed E-state index contributed by atoms with van der Waals surface area (Å²) in [5.41, 5.74) is 0. The summed E-state index contributed by atoms with van der Waals surface area (Å²) in [6.07, 6.45) is 4.14. The topological polar surface area (TPSA) is 49.9 Å². The molecule has 20 heavy (non-hydrogen) atoms. The van der Waals surface area contributed by atoms with Crippen molar-refractivity contribution in [1.29, 1.82) is 0 Å². The van der Waals surface area contributed by atoms with Crippen LogP contribution >= 0.6 is 0 Å². The number of likely N-dealkylation sites (tertiary alicyclic amines) is 2. The minimum atomic E-state index is -0.446. The number of β-lactam (4-membered cyclic amide) rings is 1. The zero-order chi connectivity index (χ0) is 14.7. The molecule has 5 nitrogen and oxygen atoms in total. The molecule has 0 N–H and O–H groups in total. The van der Waals surface area contributed by atoms with Crippen molar-refractivity contribution in [2.24, 2.45) is 0 Å². The summed E-state index contributed by atoms with van der Waals surface area (Å²) in [5, 5.41) is 0. The number of carbonyl (C=O) groups excluding carboxylic acids is 2. The Morgan fingerprint density at radius 1 is 1.30 bits per heavy atom. The fourth-order valence-corrected chi connectivity index (χ4v) is 3.17. The molecule has 0 aliphatic carbocycles. The smallest absolute Gasteiger partial charge is 0.254 e. The Balaban J connectivity index is 2.19. The van der Waals surface area contributed by atoms with Crippen LogP contribution in [0, 0.1) is 0 Å². The van der Waals surface area contributed by atoms with Crippen molar-refractivity contribution in [2.45, 2.75) is 31.0 Å². The number of methoxy groups -OCH3 is 1. The number of rotatable bonds is 6. The van der Waals surface area contributed by atoms with Gasteiger partial charge in [0.25, 0.3) is 5.91 Å². The van der Waals surface area contributed by atoms with Crippen LogP contribution in [0.4, 0.5) is 0 Å². The lowest BCUT2D eigenvalue weighted by molar-refractivity contribution is -0.177. The van der Waals surface area contributed by atoms with E-state index in [4.69, 9.17) is 4.74 Å². The quantitative estimate of drug-likeness (QED) is 0.528. The molecule has 0 spiro atoms. The summed E-state index contributed by atoms with van der Waals surface area (Å²) in [7, 11) is 1.54. The van der Waals surface area contributed by atoms with Crippen molar-refractivity contribution < 1.29 is 14.3 Å². The molecule has 110 valence electrons. The van der Waals surface area contributed by atoms with Crippen molar-refractivity contribution in [3.63, 3.8) is 0 Å². The fourth-order valence-electron chi connectivity index (χ4n) is 3.17. The molecule has 0 bridgehead atoms. The van der Waals surface area contributed by atoms with Crippen molar-refractivity contribution in [3.05, 3.63) is 25.3 Å². The SMILES string of the molecule is C=CCN1CCC(=O)C[C@H]1[C@H]1[C@@H](OC)C(=O)N1CC=C. The number of ketones is 1. The Hall–Kier alpha value is -1.46. The molecule has 1 amide bonds. The van der Waals surface area contributed by atoms with E-state index < -0.39 is 6.10 Å². The van der Waals surface area contributed by atoms with Crippen LogP contribution in [-0.2, 0) is 14.3 Å². The highest BCUT2D eigenvalue weighted by molar-refractivity contribution is 5.89. The third kappa shape index (κ3) is 2.55. The van der Waals surface area contributed by atoms with Crippen LogP contribution in [0.25, 0.3) is 0 Å². The van der Waals surface area contributed by atoms with Gasteiger partial charge in [-0.1, -0.05) is 12.2 Å². The molecule has 0 radical (unpaired) electrons. The van der Waals surface area contributed by atoms with Crippen molar-refractivity contribution in [1.82, 2.24) is 9.80 Å². The van der Waals surface area contributed by atoms with Crippen molar-refractivity contribution in [3.8, 4) is 0 Å². The number of ether oxygens (including phenoxy) is 1. The number of Topliss-reactive ketones (excluding diaryl/α,β-unsaturated/α-hetero) is 1. The molecule has 2 saturated heterocycles. The molecule has 5 heteroatoms. The summed E-state index contributed by atoms with van der Waals surface area (Å²) >= 11 is 0. The third-order valence-corrected chi connectivity index (χ3v) is 4.12. The van der Waals surface area contributed by atoms with Gasteiger partial charge in [0.2, 0.25) is 0 Å². The number of amides is 1. The predicted molar refractivity (Wildman–Crippen MR) is 76.3 cm³/mol. The van der Waals surface area contributed by atoms with Crippen LogP contribution in [0.15, 0.2) is 25.3 Å². The second-order valence-electron chi connectivity index (χ2n) is 5.27. The van der Waals surface area contributed by atoms with Gasteiger partial charge in [-0.05, 0) is 0 Å². The van der Waals surface area contributed by atoms with Gasteiger partial charge < -0.3 is 9.64 Å². The Morgan fingerprint density at radius 2 is 2.00 bits per heavy atom. The van der Waals surface area contributed by atoms with Gasteiger partial charge in [-0.3, -0.25) is 14.5 Å². The fraction of sp³-hybridized carbons (Fsp3) is 0.600. The molecule has 2 rings (SSSR count). The maximum atomic E-state index is 12.0. The number of hydrogen-bond donors (Lipinski definition) is 0. The highest BCUT2D eigenvalue weighted by Gasteiger charge is 2.53. The maximum absolute atomic E-state index is 12.0.